The van der Waals surface area contributed by atoms with Crippen molar-refractivity contribution in [3.63, 3.8) is 0 Å². The summed E-state index contributed by atoms with van der Waals surface area (Å²) in [7, 11) is 0. The van der Waals surface area contributed by atoms with E-state index in [0.717, 1.165) is 18.4 Å². The maximum absolute atomic E-state index is 10.6. The number of fused-ring (bicyclic) bond motifs is 1. The lowest BCUT2D eigenvalue weighted by molar-refractivity contribution is 0.210. The zero-order valence-electron chi connectivity index (χ0n) is 10.5. The molecule has 3 rings (SSSR count). The second-order valence-electron chi connectivity index (χ2n) is 5.00. The van der Waals surface area contributed by atoms with Crippen LogP contribution in [0.1, 0.15) is 37.4 Å². The van der Waals surface area contributed by atoms with Crippen molar-refractivity contribution in [3.8, 4) is 0 Å². The third kappa shape index (κ3) is 2.06. The molecule has 1 atom stereocenters. The second kappa shape index (κ2) is 4.95. The van der Waals surface area contributed by atoms with E-state index in [4.69, 9.17) is 0 Å². The SMILES string of the molecule is OC(C1=CCCCC1)c1cccc2ccccc12. The van der Waals surface area contributed by atoms with Crippen LogP contribution in [0.5, 0.6) is 0 Å². The van der Waals surface area contributed by atoms with Gasteiger partial charge in [-0.25, -0.2) is 0 Å². The van der Waals surface area contributed by atoms with Gasteiger partial charge in [0.2, 0.25) is 0 Å². The Morgan fingerprint density at radius 1 is 0.944 bits per heavy atom. The predicted octanol–water partition coefficient (Wildman–Crippen LogP) is 4.37. The monoisotopic (exact) mass is 238 g/mol. The Labute approximate surface area is 108 Å². The average molecular weight is 238 g/mol. The van der Waals surface area contributed by atoms with Crippen LogP contribution in [0, 0.1) is 0 Å². The van der Waals surface area contributed by atoms with Gasteiger partial charge in [-0.05, 0) is 47.6 Å². The summed E-state index contributed by atoms with van der Waals surface area (Å²) in [6.45, 7) is 0. The van der Waals surface area contributed by atoms with Crippen molar-refractivity contribution >= 4 is 10.8 Å². The van der Waals surface area contributed by atoms with Gasteiger partial charge in [-0.2, -0.15) is 0 Å². The Bertz CT molecular complexity index is 578. The van der Waals surface area contributed by atoms with Gasteiger partial charge in [-0.3, -0.25) is 0 Å². The molecule has 2 aromatic carbocycles. The lowest BCUT2D eigenvalue weighted by Gasteiger charge is -2.20. The molecule has 1 aliphatic rings. The Balaban J connectivity index is 2.05. The summed E-state index contributed by atoms with van der Waals surface area (Å²) in [6, 6.07) is 14.4. The lowest BCUT2D eigenvalue weighted by Crippen LogP contribution is -2.05. The first-order valence-electron chi connectivity index (χ1n) is 6.71. The molecule has 0 radical (unpaired) electrons. The van der Waals surface area contributed by atoms with Gasteiger partial charge in [0.15, 0.2) is 0 Å². The highest BCUT2D eigenvalue weighted by atomic mass is 16.3. The second-order valence-corrected chi connectivity index (χ2v) is 5.00. The van der Waals surface area contributed by atoms with E-state index in [0.29, 0.717) is 0 Å². The Morgan fingerprint density at radius 3 is 2.61 bits per heavy atom. The average Bonchev–Trinajstić information content (AvgIpc) is 2.47. The zero-order valence-corrected chi connectivity index (χ0v) is 10.5. The largest absolute Gasteiger partial charge is 0.384 e. The quantitative estimate of drug-likeness (QED) is 0.770. The number of aliphatic hydroxyl groups excluding tert-OH is 1. The van der Waals surface area contributed by atoms with E-state index in [1.165, 1.54) is 29.2 Å². The van der Waals surface area contributed by atoms with Crippen molar-refractivity contribution < 1.29 is 5.11 Å². The molecule has 0 aliphatic heterocycles. The Morgan fingerprint density at radius 2 is 1.78 bits per heavy atom. The highest BCUT2D eigenvalue weighted by molar-refractivity contribution is 5.86. The Hall–Kier alpha value is -1.60. The van der Waals surface area contributed by atoms with Gasteiger partial charge in [0.25, 0.3) is 0 Å². The summed E-state index contributed by atoms with van der Waals surface area (Å²) in [5.74, 6) is 0. The number of hydrogen-bond donors (Lipinski definition) is 1. The predicted molar refractivity (Wildman–Crippen MR) is 75.5 cm³/mol. The molecule has 18 heavy (non-hydrogen) atoms. The molecule has 0 saturated heterocycles. The number of hydrogen-bond acceptors (Lipinski definition) is 1. The van der Waals surface area contributed by atoms with E-state index in [9.17, 15) is 5.11 Å². The molecule has 1 heteroatoms. The molecule has 2 aromatic rings. The van der Waals surface area contributed by atoms with Gasteiger partial charge in [-0.15, -0.1) is 0 Å². The minimum Gasteiger partial charge on any atom is -0.384 e. The van der Waals surface area contributed by atoms with Crippen LogP contribution in [0.3, 0.4) is 0 Å². The van der Waals surface area contributed by atoms with Gasteiger partial charge in [0, 0.05) is 0 Å². The smallest absolute Gasteiger partial charge is 0.101 e. The van der Waals surface area contributed by atoms with Gasteiger partial charge < -0.3 is 5.11 Å². The van der Waals surface area contributed by atoms with Gasteiger partial charge >= 0.3 is 0 Å². The number of allylic oxidation sites excluding steroid dienone is 1. The topological polar surface area (TPSA) is 20.2 Å². The third-order valence-corrected chi connectivity index (χ3v) is 3.80. The van der Waals surface area contributed by atoms with Crippen molar-refractivity contribution in [3.05, 3.63) is 59.7 Å². The minimum absolute atomic E-state index is 0.434. The Kier molecular flexibility index (Phi) is 3.16. The van der Waals surface area contributed by atoms with E-state index in [2.05, 4.69) is 24.3 Å². The normalized spacial score (nSPS) is 17.5. The van der Waals surface area contributed by atoms with Crippen LogP contribution < -0.4 is 0 Å². The van der Waals surface area contributed by atoms with E-state index in [-0.39, 0.29) is 0 Å². The maximum atomic E-state index is 10.6. The number of rotatable bonds is 2. The first-order chi connectivity index (χ1) is 8.86. The molecule has 92 valence electrons. The molecule has 0 bridgehead atoms. The van der Waals surface area contributed by atoms with Crippen LogP contribution >= 0.6 is 0 Å². The van der Waals surface area contributed by atoms with Gasteiger partial charge in [-0.1, -0.05) is 48.5 Å². The molecular formula is C17H18O. The molecule has 1 nitrogen and oxygen atoms in total. The summed E-state index contributed by atoms with van der Waals surface area (Å²) in [5, 5.41) is 12.9. The van der Waals surface area contributed by atoms with E-state index in [1.807, 2.05) is 24.3 Å². The van der Waals surface area contributed by atoms with Crippen LogP contribution in [-0.4, -0.2) is 5.11 Å². The minimum atomic E-state index is -0.434. The van der Waals surface area contributed by atoms with E-state index in [1.54, 1.807) is 0 Å². The van der Waals surface area contributed by atoms with Crippen molar-refractivity contribution in [2.24, 2.45) is 0 Å². The van der Waals surface area contributed by atoms with Crippen molar-refractivity contribution in [2.75, 3.05) is 0 Å². The van der Waals surface area contributed by atoms with Crippen LogP contribution in [0.2, 0.25) is 0 Å². The molecule has 0 heterocycles. The lowest BCUT2D eigenvalue weighted by atomic mass is 9.89. The molecule has 0 fully saturated rings. The zero-order chi connectivity index (χ0) is 12.4. The maximum Gasteiger partial charge on any atom is 0.101 e. The van der Waals surface area contributed by atoms with Crippen LogP contribution in [0.25, 0.3) is 10.8 Å². The molecule has 0 saturated carbocycles. The fourth-order valence-corrected chi connectivity index (χ4v) is 2.80. The summed E-state index contributed by atoms with van der Waals surface area (Å²) in [6.07, 6.45) is 6.38. The fraction of sp³-hybridized carbons (Fsp3) is 0.294. The molecule has 1 unspecified atom stereocenters. The van der Waals surface area contributed by atoms with E-state index < -0.39 is 6.10 Å². The molecule has 0 amide bonds. The number of aliphatic hydroxyl groups is 1. The fourth-order valence-electron chi connectivity index (χ4n) is 2.80. The molecule has 1 N–H and O–H groups in total. The van der Waals surface area contributed by atoms with Gasteiger partial charge in [0.05, 0.1) is 0 Å². The summed E-state index contributed by atoms with van der Waals surface area (Å²) >= 11 is 0. The highest BCUT2D eigenvalue weighted by Gasteiger charge is 2.17. The molecular weight excluding hydrogens is 220 g/mol. The summed E-state index contributed by atoms with van der Waals surface area (Å²) in [4.78, 5) is 0. The van der Waals surface area contributed by atoms with Crippen LogP contribution in [0.4, 0.5) is 0 Å². The summed E-state index contributed by atoms with van der Waals surface area (Å²) < 4.78 is 0. The molecule has 0 aromatic heterocycles. The van der Waals surface area contributed by atoms with Gasteiger partial charge in [0.1, 0.15) is 6.10 Å². The van der Waals surface area contributed by atoms with Crippen LogP contribution in [-0.2, 0) is 0 Å². The van der Waals surface area contributed by atoms with Crippen molar-refractivity contribution in [1.82, 2.24) is 0 Å². The third-order valence-electron chi connectivity index (χ3n) is 3.80. The summed E-state index contributed by atoms with van der Waals surface area (Å²) in [5.41, 5.74) is 2.24. The molecule has 1 aliphatic carbocycles. The van der Waals surface area contributed by atoms with Crippen molar-refractivity contribution in [2.45, 2.75) is 31.8 Å². The van der Waals surface area contributed by atoms with E-state index >= 15 is 0 Å². The highest BCUT2D eigenvalue weighted by Crippen LogP contribution is 2.33. The first-order valence-corrected chi connectivity index (χ1v) is 6.71. The first kappa shape index (κ1) is 11.5. The molecule has 0 spiro atoms. The van der Waals surface area contributed by atoms with Crippen LogP contribution in [0.15, 0.2) is 54.1 Å². The van der Waals surface area contributed by atoms with Crippen molar-refractivity contribution in [1.29, 1.82) is 0 Å². The number of benzene rings is 2. The standard InChI is InChI=1S/C17H18O/c18-17(14-8-2-1-3-9-14)16-12-6-10-13-7-4-5-11-15(13)16/h4-8,10-12,17-18H,1-3,9H2.